The lowest BCUT2D eigenvalue weighted by atomic mass is 10.3. The first kappa shape index (κ1) is 13.4. The second-order valence-corrected chi connectivity index (χ2v) is 4.61. The highest BCUT2D eigenvalue weighted by atomic mass is 28.4. The number of rotatable bonds is 8. The van der Waals surface area contributed by atoms with Gasteiger partial charge in [0.2, 0.25) is 6.08 Å². The minimum atomic E-state index is -3.37. The summed E-state index contributed by atoms with van der Waals surface area (Å²) in [7, 11) is -0.722. The van der Waals surface area contributed by atoms with E-state index in [4.69, 9.17) is 4.43 Å². The van der Waals surface area contributed by atoms with E-state index in [0.717, 1.165) is 0 Å². The Morgan fingerprint density at radius 3 is 2.50 bits per heavy atom. The summed E-state index contributed by atoms with van der Waals surface area (Å²) in [4.78, 5) is 22.5. The van der Waals surface area contributed by atoms with E-state index in [2.05, 4.69) is 13.8 Å². The zero-order valence-electron chi connectivity index (χ0n) is 8.36. The van der Waals surface area contributed by atoms with Gasteiger partial charge in [0.1, 0.15) is 0 Å². The third kappa shape index (κ3) is 5.98. The lowest BCUT2D eigenvalue weighted by Gasteiger charge is -2.18. The monoisotopic (exact) mass is 221 g/mol. The van der Waals surface area contributed by atoms with Crippen LogP contribution >= 0.6 is 0 Å². The number of nitrogens with zero attached hydrogens (tertiary/aromatic N) is 1. The highest BCUT2D eigenvalue weighted by Gasteiger charge is 2.38. The summed E-state index contributed by atoms with van der Waals surface area (Å²) < 4.78 is 14.4. The fraction of sp³-hybridized carbons (Fsp3) is 0.857. The third-order valence-electron chi connectivity index (χ3n) is 1.53. The molecule has 0 bridgehead atoms. The molecular formula is C7H15NO5Si. The molecule has 6 nitrogen and oxygen atoms in total. The molecule has 0 aromatic carbocycles. The molecule has 0 heterocycles. The molecule has 0 fully saturated rings. The summed E-state index contributed by atoms with van der Waals surface area (Å²) in [5.41, 5.74) is 0. The molecule has 0 saturated carbocycles. The van der Waals surface area contributed by atoms with Crippen LogP contribution in [-0.4, -0.2) is 47.3 Å². The van der Waals surface area contributed by atoms with Crippen LogP contribution in [0.25, 0.3) is 0 Å². The van der Waals surface area contributed by atoms with Gasteiger partial charge in [0.15, 0.2) is 0 Å². The van der Waals surface area contributed by atoms with Crippen molar-refractivity contribution in [3.63, 3.8) is 0 Å². The van der Waals surface area contributed by atoms with Gasteiger partial charge in [-0.15, -0.1) is 0 Å². The molecule has 0 unspecified atom stereocenters. The lowest BCUT2D eigenvalue weighted by molar-refractivity contribution is 0.0224. The molecule has 0 atom stereocenters. The maximum absolute atomic E-state index is 9.69. The first-order valence-corrected chi connectivity index (χ1v) is 5.86. The molecule has 0 radical (unpaired) electrons. The fourth-order valence-corrected chi connectivity index (χ4v) is 1.55. The van der Waals surface area contributed by atoms with Crippen molar-refractivity contribution in [1.29, 1.82) is 0 Å². The van der Waals surface area contributed by atoms with Gasteiger partial charge >= 0.3 is 9.05 Å². The smallest absolute Gasteiger partial charge is 0.367 e. The predicted molar refractivity (Wildman–Crippen MR) is 50.2 cm³/mol. The van der Waals surface area contributed by atoms with Crippen molar-refractivity contribution in [2.24, 2.45) is 4.99 Å². The summed E-state index contributed by atoms with van der Waals surface area (Å²) in [5.74, 6) is 0. The highest BCUT2D eigenvalue weighted by molar-refractivity contribution is 6.51. The fourth-order valence-electron chi connectivity index (χ4n) is 0.741. The normalized spacial score (nSPS) is 11.1. The average Bonchev–Trinajstić information content (AvgIpc) is 2.23. The van der Waals surface area contributed by atoms with Crippen LogP contribution in [0, 0.1) is 0 Å². The molecule has 0 aromatic heterocycles. The Hall–Kier alpha value is -0.563. The van der Waals surface area contributed by atoms with E-state index in [-0.39, 0.29) is 0 Å². The number of carbonyl (C=O) groups excluding carboxylic acids is 1. The lowest BCUT2D eigenvalue weighted by Crippen LogP contribution is -2.44. The van der Waals surface area contributed by atoms with Crippen molar-refractivity contribution < 1.29 is 22.9 Å². The predicted octanol–water partition coefficient (Wildman–Crippen LogP) is -0.160. The molecule has 0 saturated heterocycles. The van der Waals surface area contributed by atoms with E-state index in [0.29, 0.717) is 26.0 Å². The van der Waals surface area contributed by atoms with Crippen molar-refractivity contribution in [3.8, 4) is 0 Å². The van der Waals surface area contributed by atoms with Crippen LogP contribution in [0.5, 0.6) is 0 Å². The van der Waals surface area contributed by atoms with Gasteiger partial charge < -0.3 is 18.1 Å². The van der Waals surface area contributed by atoms with Crippen molar-refractivity contribution in [3.05, 3.63) is 0 Å². The Kier molecular flexibility index (Phi) is 7.49. The largest absolute Gasteiger partial charge is 0.676 e. The van der Waals surface area contributed by atoms with Crippen molar-refractivity contribution in [2.75, 3.05) is 27.4 Å². The Labute approximate surface area is 84.0 Å². The molecule has 0 aliphatic carbocycles. The van der Waals surface area contributed by atoms with Crippen LogP contribution in [0.2, 0.25) is 0 Å². The highest BCUT2D eigenvalue weighted by Crippen LogP contribution is 2.03. The first-order valence-electron chi connectivity index (χ1n) is 4.19. The molecule has 1 N–H and O–H groups in total. The van der Waals surface area contributed by atoms with Crippen LogP contribution in [0.4, 0.5) is 0 Å². The molecule has 0 spiro atoms. The molecule has 0 amide bonds. The van der Waals surface area contributed by atoms with Gasteiger partial charge in [-0.3, -0.25) is 0 Å². The van der Waals surface area contributed by atoms with Gasteiger partial charge in [-0.1, -0.05) is 0 Å². The molecule has 82 valence electrons. The Bertz CT molecular complexity index is 191. The number of isocyanates is 1. The molecule has 7 heteroatoms. The molecule has 0 aromatic rings. The zero-order chi connectivity index (χ0) is 10.9. The van der Waals surface area contributed by atoms with Gasteiger partial charge in [-0.2, -0.15) is 0 Å². The first-order chi connectivity index (χ1) is 6.68. The molecule has 14 heavy (non-hydrogen) atoms. The van der Waals surface area contributed by atoms with Crippen LogP contribution in [0.1, 0.15) is 12.8 Å². The number of hydrogen-bond donors (Lipinski definition) is 1. The van der Waals surface area contributed by atoms with Crippen LogP contribution in [0.3, 0.4) is 0 Å². The van der Waals surface area contributed by atoms with E-state index in [1.807, 2.05) is 0 Å². The maximum atomic E-state index is 9.69. The number of aliphatic imine (C=N–C) groups is 1. The van der Waals surface area contributed by atoms with Crippen molar-refractivity contribution >= 4 is 15.1 Å². The standard InChI is InChI=1S/C7H15NO5Si/c1-11-14(10,12-2)13-6-4-3-5-8-7-9/h10H,3-6H2,1-2H3. The minimum Gasteiger partial charge on any atom is -0.367 e. The third-order valence-corrected chi connectivity index (χ3v) is 3.13. The summed E-state index contributed by atoms with van der Waals surface area (Å²) in [5, 5.41) is 0. The second kappa shape index (κ2) is 7.81. The van der Waals surface area contributed by atoms with E-state index in [1.54, 1.807) is 0 Å². The summed E-state index contributed by atoms with van der Waals surface area (Å²) in [6, 6.07) is 0. The van der Waals surface area contributed by atoms with E-state index < -0.39 is 9.05 Å². The van der Waals surface area contributed by atoms with Crippen LogP contribution in [0.15, 0.2) is 4.99 Å². The SMILES string of the molecule is CO[Si](O)(OC)OCCCCN=C=O. The minimum absolute atomic E-state index is 0.318. The quantitative estimate of drug-likeness (QED) is 0.267. The van der Waals surface area contributed by atoms with Crippen LogP contribution < -0.4 is 0 Å². The van der Waals surface area contributed by atoms with Gasteiger partial charge in [-0.05, 0) is 12.8 Å². The molecule has 0 rings (SSSR count). The Morgan fingerprint density at radius 1 is 1.36 bits per heavy atom. The number of hydrogen-bond acceptors (Lipinski definition) is 6. The van der Waals surface area contributed by atoms with Gasteiger partial charge in [0, 0.05) is 20.8 Å². The molecule has 0 aliphatic heterocycles. The van der Waals surface area contributed by atoms with Gasteiger partial charge in [-0.25, -0.2) is 9.79 Å². The van der Waals surface area contributed by atoms with Gasteiger partial charge in [0.25, 0.3) is 0 Å². The summed E-state index contributed by atoms with van der Waals surface area (Å²) in [6.45, 7) is 0.742. The second-order valence-electron chi connectivity index (χ2n) is 2.46. The molecular weight excluding hydrogens is 206 g/mol. The Balaban J connectivity index is 3.47. The molecule has 0 aliphatic rings. The summed E-state index contributed by atoms with van der Waals surface area (Å²) >= 11 is 0. The van der Waals surface area contributed by atoms with Crippen molar-refractivity contribution in [1.82, 2.24) is 0 Å². The van der Waals surface area contributed by atoms with E-state index >= 15 is 0 Å². The van der Waals surface area contributed by atoms with Gasteiger partial charge in [0.05, 0.1) is 6.54 Å². The summed E-state index contributed by atoms with van der Waals surface area (Å²) in [6.07, 6.45) is 2.82. The Morgan fingerprint density at radius 2 is 2.00 bits per heavy atom. The zero-order valence-corrected chi connectivity index (χ0v) is 9.36. The maximum Gasteiger partial charge on any atom is 0.676 e. The van der Waals surface area contributed by atoms with E-state index in [9.17, 15) is 9.59 Å². The number of unbranched alkanes of at least 4 members (excludes halogenated alkanes) is 1. The van der Waals surface area contributed by atoms with Crippen molar-refractivity contribution in [2.45, 2.75) is 12.8 Å². The average molecular weight is 221 g/mol. The van der Waals surface area contributed by atoms with Crippen LogP contribution in [-0.2, 0) is 18.1 Å². The van der Waals surface area contributed by atoms with E-state index in [1.165, 1.54) is 20.3 Å². The topological polar surface area (TPSA) is 77.3 Å².